The Labute approximate surface area is 157 Å². The normalized spacial score (nSPS) is 14.4. The van der Waals surface area contributed by atoms with Crippen molar-refractivity contribution < 1.29 is 24.2 Å². The van der Waals surface area contributed by atoms with Crippen LogP contribution in [0.15, 0.2) is 53.4 Å². The molecular weight excluding hydrogens is 383 g/mol. The largest absolute Gasteiger partial charge is 0.494 e. The molecule has 0 heterocycles. The van der Waals surface area contributed by atoms with Gasteiger partial charge in [-0.1, -0.05) is 69.9 Å². The number of rotatable bonds is 10. The molecule has 0 amide bonds. The van der Waals surface area contributed by atoms with E-state index in [0.717, 1.165) is 36.3 Å². The van der Waals surface area contributed by atoms with Crippen LogP contribution in [0.3, 0.4) is 0 Å². The van der Waals surface area contributed by atoms with E-state index < -0.39 is 15.1 Å². The summed E-state index contributed by atoms with van der Waals surface area (Å²) in [5, 5.41) is 0. The van der Waals surface area contributed by atoms with Crippen molar-refractivity contribution in [2.45, 2.75) is 50.3 Å². The summed E-state index contributed by atoms with van der Waals surface area (Å²) in [4.78, 5) is -1.85. The molecule has 2 aromatic carbocycles. The van der Waals surface area contributed by atoms with Crippen molar-refractivity contribution in [3.63, 3.8) is 0 Å². The third-order valence-electron chi connectivity index (χ3n) is 4.26. The lowest BCUT2D eigenvalue weighted by Gasteiger charge is -2.40. The van der Waals surface area contributed by atoms with Crippen LogP contribution in [0.1, 0.15) is 43.7 Å². The SMILES string of the molecule is CCCCCCOc1ccc(CCc2ccc(S(F)(F)(F)(F)F)cc2)cc1. The Balaban J connectivity index is 1.85. The molecule has 0 radical (unpaired) electrons. The summed E-state index contributed by atoms with van der Waals surface area (Å²) < 4.78 is 69.2. The first-order chi connectivity index (χ1) is 12.5. The smallest absolute Gasteiger partial charge is 0.310 e. The molecule has 0 N–H and O–H groups in total. The van der Waals surface area contributed by atoms with Gasteiger partial charge in [0.2, 0.25) is 0 Å². The van der Waals surface area contributed by atoms with Gasteiger partial charge in [0, 0.05) is 0 Å². The molecule has 0 saturated carbocycles. The Kier molecular flexibility index (Phi) is 6.14. The fourth-order valence-electron chi connectivity index (χ4n) is 2.67. The molecule has 0 bridgehead atoms. The molecular formula is C20H25F5OS. The van der Waals surface area contributed by atoms with Gasteiger partial charge in [0.25, 0.3) is 0 Å². The highest BCUT2D eigenvalue weighted by Gasteiger charge is 2.65. The zero-order valence-corrected chi connectivity index (χ0v) is 16.1. The van der Waals surface area contributed by atoms with E-state index in [9.17, 15) is 19.4 Å². The summed E-state index contributed by atoms with van der Waals surface area (Å²) in [7, 11) is -9.59. The molecule has 2 rings (SSSR count). The van der Waals surface area contributed by atoms with E-state index in [1.54, 1.807) is 0 Å². The van der Waals surface area contributed by atoms with Crippen molar-refractivity contribution in [1.82, 2.24) is 0 Å². The van der Waals surface area contributed by atoms with Gasteiger partial charge in [0.15, 0.2) is 0 Å². The van der Waals surface area contributed by atoms with Gasteiger partial charge in [0.05, 0.1) is 6.61 Å². The second kappa shape index (κ2) is 7.70. The summed E-state index contributed by atoms with van der Waals surface area (Å²) in [6.45, 7) is 2.83. The standard InChI is InChI=1S/C20H25F5OS/c1-2-3-4-5-16-26-19-12-8-17(9-13-19)6-7-18-10-14-20(15-11-18)27(21,22,23,24)25/h8-15H,2-7,16H2,1H3. The Hall–Kier alpha value is -1.76. The molecule has 0 unspecified atom stereocenters. The van der Waals surface area contributed by atoms with Crippen LogP contribution in [0, 0.1) is 0 Å². The monoisotopic (exact) mass is 408 g/mol. The molecule has 0 aliphatic rings. The topological polar surface area (TPSA) is 9.23 Å². The quantitative estimate of drug-likeness (QED) is 0.285. The summed E-state index contributed by atoms with van der Waals surface area (Å²) >= 11 is 0. The molecule has 0 aliphatic heterocycles. The predicted octanol–water partition coefficient (Wildman–Crippen LogP) is 8.09. The summed E-state index contributed by atoms with van der Waals surface area (Å²) in [6, 6.07) is 10.7. The predicted molar refractivity (Wildman–Crippen MR) is 101 cm³/mol. The molecule has 0 saturated heterocycles. The zero-order valence-electron chi connectivity index (χ0n) is 15.3. The van der Waals surface area contributed by atoms with Crippen LogP contribution < -0.4 is 4.74 Å². The molecule has 2 aromatic rings. The first kappa shape index (κ1) is 21.5. The van der Waals surface area contributed by atoms with Gasteiger partial charge in [-0.15, -0.1) is 0 Å². The minimum atomic E-state index is -9.59. The zero-order chi connectivity index (χ0) is 20.0. The minimum Gasteiger partial charge on any atom is -0.494 e. The van der Waals surface area contributed by atoms with Crippen LogP contribution in [0.2, 0.25) is 0 Å². The summed E-state index contributed by atoms with van der Waals surface area (Å²) in [6.07, 6.45) is 5.62. The number of unbranched alkanes of at least 4 members (excludes halogenated alkanes) is 3. The second-order valence-corrected chi connectivity index (χ2v) is 9.08. The van der Waals surface area contributed by atoms with Crippen LogP contribution in [0.5, 0.6) is 5.75 Å². The molecule has 0 spiro atoms. The molecule has 0 fully saturated rings. The molecule has 0 atom stereocenters. The second-order valence-electron chi connectivity index (χ2n) is 6.67. The number of hydrogen-bond acceptors (Lipinski definition) is 1. The number of hydrogen-bond donors (Lipinski definition) is 0. The van der Waals surface area contributed by atoms with Crippen LogP contribution in [-0.4, -0.2) is 6.61 Å². The summed E-state index contributed by atoms with van der Waals surface area (Å²) in [5.74, 6) is 0.787. The molecule has 152 valence electrons. The van der Waals surface area contributed by atoms with Crippen LogP contribution in [0.4, 0.5) is 19.4 Å². The maximum Gasteiger partial charge on any atom is 0.310 e. The number of benzene rings is 2. The van der Waals surface area contributed by atoms with E-state index >= 15 is 0 Å². The van der Waals surface area contributed by atoms with E-state index in [1.165, 1.54) is 12.8 Å². The lowest BCUT2D eigenvalue weighted by Crippen LogP contribution is -2.06. The molecule has 0 aliphatic carbocycles. The fourth-order valence-corrected chi connectivity index (χ4v) is 3.32. The average molecular weight is 408 g/mol. The van der Waals surface area contributed by atoms with E-state index in [-0.39, 0.29) is 0 Å². The first-order valence-electron chi connectivity index (χ1n) is 9.03. The minimum absolute atomic E-state index is 0.465. The van der Waals surface area contributed by atoms with Gasteiger partial charge in [-0.3, -0.25) is 0 Å². The lowest BCUT2D eigenvalue weighted by molar-refractivity contribution is 0.305. The number of aryl methyl sites for hydroxylation is 2. The van der Waals surface area contributed by atoms with Crippen molar-refractivity contribution in [2.75, 3.05) is 6.61 Å². The van der Waals surface area contributed by atoms with Crippen LogP contribution in [-0.2, 0) is 12.8 Å². The average Bonchev–Trinajstić information content (AvgIpc) is 2.59. The van der Waals surface area contributed by atoms with Crippen LogP contribution in [0.25, 0.3) is 0 Å². The lowest BCUT2D eigenvalue weighted by atomic mass is 10.0. The maximum absolute atomic E-state index is 12.7. The number of halogens is 5. The van der Waals surface area contributed by atoms with Crippen LogP contribution >= 0.6 is 10.2 Å². The van der Waals surface area contributed by atoms with Gasteiger partial charge >= 0.3 is 10.2 Å². The highest BCUT2D eigenvalue weighted by Crippen LogP contribution is 3.02. The molecule has 7 heteroatoms. The van der Waals surface area contributed by atoms with E-state index in [0.29, 0.717) is 37.1 Å². The van der Waals surface area contributed by atoms with Gasteiger partial charge in [-0.25, -0.2) is 0 Å². The summed E-state index contributed by atoms with van der Waals surface area (Å²) in [5.41, 5.74) is 1.59. The van der Waals surface area contributed by atoms with E-state index in [2.05, 4.69) is 6.92 Å². The van der Waals surface area contributed by atoms with Crippen molar-refractivity contribution >= 4 is 10.2 Å². The van der Waals surface area contributed by atoms with Crippen molar-refractivity contribution in [1.29, 1.82) is 0 Å². The van der Waals surface area contributed by atoms with Crippen molar-refractivity contribution in [3.8, 4) is 5.75 Å². The molecule has 27 heavy (non-hydrogen) atoms. The highest BCUT2D eigenvalue weighted by atomic mass is 32.5. The van der Waals surface area contributed by atoms with Gasteiger partial charge < -0.3 is 4.74 Å². The van der Waals surface area contributed by atoms with E-state index in [4.69, 9.17) is 4.74 Å². The third kappa shape index (κ3) is 7.40. The Bertz CT molecular complexity index is 724. The number of ether oxygens (including phenoxy) is 1. The highest BCUT2D eigenvalue weighted by molar-refractivity contribution is 8.45. The fraction of sp³-hybridized carbons (Fsp3) is 0.400. The first-order valence-corrected chi connectivity index (χ1v) is 11.0. The Morgan fingerprint density at radius 3 is 1.70 bits per heavy atom. The molecule has 0 aromatic heterocycles. The van der Waals surface area contributed by atoms with Crippen molar-refractivity contribution in [2.24, 2.45) is 0 Å². The Morgan fingerprint density at radius 1 is 0.704 bits per heavy atom. The van der Waals surface area contributed by atoms with Gasteiger partial charge in [0.1, 0.15) is 10.6 Å². The van der Waals surface area contributed by atoms with Crippen molar-refractivity contribution in [3.05, 3.63) is 59.7 Å². The van der Waals surface area contributed by atoms with E-state index in [1.807, 2.05) is 24.3 Å². The molecule has 1 nitrogen and oxygen atoms in total. The van der Waals surface area contributed by atoms with Gasteiger partial charge in [-0.2, -0.15) is 0 Å². The Morgan fingerprint density at radius 2 is 1.22 bits per heavy atom. The third-order valence-corrected chi connectivity index (χ3v) is 5.42. The van der Waals surface area contributed by atoms with Gasteiger partial charge in [-0.05, 0) is 54.7 Å². The maximum atomic E-state index is 12.7.